The minimum atomic E-state index is -1.13. The Balaban J connectivity index is 1.43. The number of nitrogens with one attached hydrogen (secondary N) is 1. The van der Waals surface area contributed by atoms with Crippen molar-refractivity contribution in [1.29, 1.82) is 0 Å². The summed E-state index contributed by atoms with van der Waals surface area (Å²) < 4.78 is 17.2. The van der Waals surface area contributed by atoms with E-state index < -0.39 is 35.6 Å². The summed E-state index contributed by atoms with van der Waals surface area (Å²) in [6, 6.07) is 4.07. The maximum absolute atomic E-state index is 13.8. The van der Waals surface area contributed by atoms with Gasteiger partial charge in [0.2, 0.25) is 17.7 Å². The molecule has 1 aliphatic carbocycles. The molecule has 0 unspecified atom stereocenters. The van der Waals surface area contributed by atoms with Crippen molar-refractivity contribution in [3.63, 3.8) is 0 Å². The molecule has 10 nitrogen and oxygen atoms in total. The first-order chi connectivity index (χ1) is 20.3. The van der Waals surface area contributed by atoms with Gasteiger partial charge in [0.15, 0.2) is 0 Å². The average molecular weight is 577 g/mol. The number of rotatable bonds is 6. The van der Waals surface area contributed by atoms with Gasteiger partial charge in [-0.15, -0.1) is 0 Å². The number of hydrogen-bond donors (Lipinski definition) is 2. The number of allylic oxidation sites excluding steroid dienone is 1. The lowest BCUT2D eigenvalue weighted by Crippen LogP contribution is -2.55. The molecule has 3 N–H and O–H groups in total. The molecule has 42 heavy (non-hydrogen) atoms. The Hall–Kier alpha value is -3.92. The number of ether oxygens (including phenoxy) is 3. The summed E-state index contributed by atoms with van der Waals surface area (Å²) in [5.41, 5.74) is 6.02. The summed E-state index contributed by atoms with van der Waals surface area (Å²) in [5.74, 6) is -0.242. The van der Waals surface area contributed by atoms with Crippen LogP contribution in [0.1, 0.15) is 57.4 Å². The van der Waals surface area contributed by atoms with Gasteiger partial charge in [0.1, 0.15) is 23.4 Å². The van der Waals surface area contributed by atoms with E-state index in [-0.39, 0.29) is 31.4 Å². The van der Waals surface area contributed by atoms with E-state index in [0.29, 0.717) is 24.5 Å². The van der Waals surface area contributed by atoms with E-state index in [0.717, 1.165) is 42.0 Å². The van der Waals surface area contributed by atoms with Crippen molar-refractivity contribution >= 4 is 34.6 Å². The molecule has 0 radical (unpaired) electrons. The first kappa shape index (κ1) is 29.6. The molecule has 2 aliphatic heterocycles. The average Bonchev–Trinajstić information content (AvgIpc) is 3.52. The number of benzene rings is 1. The van der Waals surface area contributed by atoms with Crippen LogP contribution in [0.15, 0.2) is 43.1 Å². The Morgan fingerprint density at radius 3 is 2.88 bits per heavy atom. The van der Waals surface area contributed by atoms with Crippen molar-refractivity contribution in [1.82, 2.24) is 15.2 Å². The van der Waals surface area contributed by atoms with Gasteiger partial charge in [0.05, 0.1) is 26.3 Å². The Kier molecular flexibility index (Phi) is 8.82. The lowest BCUT2D eigenvalue weighted by atomic mass is 10.1. The molecule has 3 aliphatic rings. The second-order valence-corrected chi connectivity index (χ2v) is 11.3. The van der Waals surface area contributed by atoms with Crippen LogP contribution in [0.3, 0.4) is 0 Å². The zero-order chi connectivity index (χ0) is 29.9. The number of aromatic nitrogens is 1. The van der Waals surface area contributed by atoms with Gasteiger partial charge in [-0.3, -0.25) is 9.59 Å². The SMILES string of the molecule is C=Cc1cc2c(O[C@@H]3C[C@H]4C(=O)N[C@]5(C(=O)OCC)C[C@H]5/C=C\CCCCC[C@H](N)C(=O)N4C3)nccc2cc1OC. The largest absolute Gasteiger partial charge is 0.496 e. The van der Waals surface area contributed by atoms with Crippen LogP contribution in [0, 0.1) is 5.92 Å². The molecule has 5 atom stereocenters. The number of hydrogen-bond acceptors (Lipinski definition) is 8. The van der Waals surface area contributed by atoms with Gasteiger partial charge in [-0.2, -0.15) is 0 Å². The van der Waals surface area contributed by atoms with Gasteiger partial charge in [0, 0.05) is 29.5 Å². The molecule has 10 heteroatoms. The summed E-state index contributed by atoms with van der Waals surface area (Å²) >= 11 is 0. The Bertz CT molecular complexity index is 1390. The van der Waals surface area contributed by atoms with Crippen molar-refractivity contribution < 1.29 is 28.6 Å². The lowest BCUT2D eigenvalue weighted by Gasteiger charge is -2.28. The van der Waals surface area contributed by atoms with E-state index in [1.165, 1.54) is 4.90 Å². The van der Waals surface area contributed by atoms with Crippen molar-refractivity contribution in [3.05, 3.63) is 48.7 Å². The number of nitrogens with two attached hydrogens (primary N) is 1. The topological polar surface area (TPSA) is 133 Å². The molecular formula is C32H40N4O6. The lowest BCUT2D eigenvalue weighted by molar-refractivity contribution is -0.150. The smallest absolute Gasteiger partial charge is 0.332 e. The van der Waals surface area contributed by atoms with E-state index in [9.17, 15) is 14.4 Å². The number of nitrogens with zero attached hydrogens (tertiary/aromatic N) is 2. The Morgan fingerprint density at radius 1 is 1.29 bits per heavy atom. The molecular weight excluding hydrogens is 536 g/mol. The van der Waals surface area contributed by atoms with Crippen LogP contribution in [0.5, 0.6) is 11.6 Å². The van der Waals surface area contributed by atoms with Crippen molar-refractivity contribution in [2.75, 3.05) is 20.3 Å². The first-order valence-corrected chi connectivity index (χ1v) is 14.8. The van der Waals surface area contributed by atoms with Gasteiger partial charge in [-0.1, -0.05) is 37.6 Å². The van der Waals surface area contributed by atoms with Gasteiger partial charge in [-0.25, -0.2) is 9.78 Å². The molecule has 1 aromatic heterocycles. The van der Waals surface area contributed by atoms with E-state index >= 15 is 0 Å². The maximum atomic E-state index is 13.8. The van der Waals surface area contributed by atoms with Gasteiger partial charge in [-0.05, 0) is 56.2 Å². The van der Waals surface area contributed by atoms with Crippen molar-refractivity contribution in [3.8, 4) is 11.6 Å². The minimum absolute atomic E-state index is 0.151. The van der Waals surface area contributed by atoms with Crippen LogP contribution in [0.2, 0.25) is 0 Å². The molecule has 1 saturated heterocycles. The van der Waals surface area contributed by atoms with Crippen LogP contribution in [-0.4, -0.2) is 71.7 Å². The zero-order valence-corrected chi connectivity index (χ0v) is 24.3. The molecule has 2 fully saturated rings. The van der Waals surface area contributed by atoms with Crippen LogP contribution in [0.4, 0.5) is 0 Å². The predicted octanol–water partition coefficient (Wildman–Crippen LogP) is 3.52. The molecule has 2 aromatic rings. The van der Waals surface area contributed by atoms with E-state index in [1.807, 2.05) is 24.3 Å². The summed E-state index contributed by atoms with van der Waals surface area (Å²) in [5, 5.41) is 4.61. The number of carbonyl (C=O) groups is 3. The first-order valence-electron chi connectivity index (χ1n) is 14.8. The number of amides is 2. The number of pyridine rings is 1. The third-order valence-corrected chi connectivity index (χ3v) is 8.50. The summed E-state index contributed by atoms with van der Waals surface area (Å²) in [6.45, 7) is 6.00. The minimum Gasteiger partial charge on any atom is -0.496 e. The maximum Gasteiger partial charge on any atom is 0.332 e. The van der Waals surface area contributed by atoms with Crippen LogP contribution < -0.4 is 20.5 Å². The second-order valence-electron chi connectivity index (χ2n) is 11.3. The predicted molar refractivity (Wildman–Crippen MR) is 159 cm³/mol. The van der Waals surface area contributed by atoms with Crippen molar-refractivity contribution in [2.45, 2.75) is 75.6 Å². The molecule has 1 aromatic carbocycles. The fourth-order valence-electron chi connectivity index (χ4n) is 6.07. The second kappa shape index (κ2) is 12.5. The quantitative estimate of drug-likeness (QED) is 0.394. The molecule has 0 spiro atoms. The fourth-order valence-corrected chi connectivity index (χ4v) is 6.07. The highest BCUT2D eigenvalue weighted by molar-refractivity contribution is 5.96. The van der Waals surface area contributed by atoms with Gasteiger partial charge >= 0.3 is 5.97 Å². The standard InChI is InChI=1S/C32H40N4O6/c1-4-20-15-24-21(16-27(20)40-3)13-14-34-29(24)42-23-17-26-28(37)35-32(31(39)41-5-2)18-22(32)11-9-7-6-8-10-12-25(33)30(38)36(26)19-23/h4,9,11,13-16,22-23,25-26H,1,5-8,10,12,17-19,33H2,2-3H3,(H,35,37)/b11-9-/t22-,23-,25+,26+,32-/m1/s1. The molecule has 2 amide bonds. The highest BCUT2D eigenvalue weighted by atomic mass is 16.5. The van der Waals surface area contributed by atoms with Crippen molar-refractivity contribution in [2.24, 2.45) is 11.7 Å². The highest BCUT2D eigenvalue weighted by Gasteiger charge is 2.62. The number of esters is 1. The molecule has 1 saturated carbocycles. The molecule has 5 rings (SSSR count). The fraction of sp³-hybridized carbons (Fsp3) is 0.500. The number of carbonyl (C=O) groups excluding carboxylic acids is 3. The van der Waals surface area contributed by atoms with E-state index in [4.69, 9.17) is 19.9 Å². The van der Waals surface area contributed by atoms with Crippen LogP contribution in [0.25, 0.3) is 16.8 Å². The van der Waals surface area contributed by atoms with E-state index in [2.05, 4.69) is 23.0 Å². The number of fused-ring (bicyclic) bond motifs is 3. The zero-order valence-electron chi connectivity index (χ0n) is 24.3. The monoisotopic (exact) mass is 576 g/mol. The normalized spacial score (nSPS) is 28.9. The summed E-state index contributed by atoms with van der Waals surface area (Å²) in [6.07, 6.45) is 11.7. The van der Waals surface area contributed by atoms with Crippen LogP contribution >= 0.6 is 0 Å². The highest BCUT2D eigenvalue weighted by Crippen LogP contribution is 2.46. The Labute approximate surface area is 246 Å². The van der Waals surface area contributed by atoms with Gasteiger partial charge < -0.3 is 30.2 Å². The summed E-state index contributed by atoms with van der Waals surface area (Å²) in [4.78, 5) is 46.4. The molecule has 3 heterocycles. The third-order valence-electron chi connectivity index (χ3n) is 8.50. The third kappa shape index (κ3) is 5.86. The van der Waals surface area contributed by atoms with Crippen LogP contribution in [-0.2, 0) is 19.1 Å². The van der Waals surface area contributed by atoms with Gasteiger partial charge in [0.25, 0.3) is 0 Å². The molecule has 0 bridgehead atoms. The van der Waals surface area contributed by atoms with E-state index in [1.54, 1.807) is 26.3 Å². The molecule has 224 valence electrons. The summed E-state index contributed by atoms with van der Waals surface area (Å²) in [7, 11) is 1.60. The Morgan fingerprint density at radius 2 is 2.12 bits per heavy atom. The number of methoxy groups -OCH3 is 1.